The molecular formula is C23H21ClN4O3. The van der Waals surface area contributed by atoms with Gasteiger partial charge in [0.05, 0.1) is 5.39 Å². The van der Waals surface area contributed by atoms with Crippen molar-refractivity contribution in [2.45, 2.75) is 26.3 Å². The van der Waals surface area contributed by atoms with Crippen LogP contribution in [0, 0.1) is 6.92 Å². The molecule has 0 aliphatic rings. The number of hydrogen-bond donors (Lipinski definition) is 1. The molecule has 0 spiro atoms. The number of nitrogens with zero attached hydrogens (tertiary/aromatic N) is 3. The highest BCUT2D eigenvalue weighted by Gasteiger charge is 2.19. The number of benzene rings is 2. The van der Waals surface area contributed by atoms with Gasteiger partial charge in [-0.25, -0.2) is 4.68 Å². The van der Waals surface area contributed by atoms with Crippen molar-refractivity contribution < 1.29 is 9.32 Å². The van der Waals surface area contributed by atoms with E-state index in [0.29, 0.717) is 28.4 Å². The van der Waals surface area contributed by atoms with Gasteiger partial charge in [0.25, 0.3) is 5.56 Å². The molecule has 1 amide bonds. The van der Waals surface area contributed by atoms with Gasteiger partial charge in [-0.05, 0) is 37.5 Å². The van der Waals surface area contributed by atoms with Crippen LogP contribution in [0.15, 0.2) is 63.9 Å². The summed E-state index contributed by atoms with van der Waals surface area (Å²) in [6.45, 7) is 2.03. The van der Waals surface area contributed by atoms with E-state index in [9.17, 15) is 9.59 Å². The molecule has 0 saturated carbocycles. The fraction of sp³-hybridized carbons (Fsp3) is 0.217. The Hall–Kier alpha value is -3.45. The molecule has 2 heterocycles. The highest BCUT2D eigenvalue weighted by Crippen LogP contribution is 2.28. The van der Waals surface area contributed by atoms with E-state index < -0.39 is 5.56 Å². The largest absolute Gasteiger partial charge is 0.360 e. The number of aromatic nitrogens is 3. The Balaban J connectivity index is 1.52. The van der Waals surface area contributed by atoms with E-state index >= 15 is 0 Å². The number of nitrogens with one attached hydrogen (secondary N) is 1. The van der Waals surface area contributed by atoms with E-state index in [4.69, 9.17) is 16.1 Å². The number of aryl methyl sites for hydroxylation is 2. The second-order valence-corrected chi connectivity index (χ2v) is 7.66. The molecule has 1 N–H and O–H groups in total. The fourth-order valence-electron chi connectivity index (χ4n) is 3.41. The lowest BCUT2D eigenvalue weighted by Gasteiger charge is -2.10. The minimum Gasteiger partial charge on any atom is -0.360 e. The third-order valence-electron chi connectivity index (χ3n) is 4.98. The Kier molecular flexibility index (Phi) is 6.13. The molecule has 0 aliphatic heterocycles. The van der Waals surface area contributed by atoms with Gasteiger partial charge in [-0.1, -0.05) is 59.2 Å². The number of hydrogen-bond acceptors (Lipinski definition) is 5. The number of rotatable bonds is 7. The van der Waals surface area contributed by atoms with E-state index in [1.807, 2.05) is 18.2 Å². The molecule has 0 radical (unpaired) electrons. The fourth-order valence-corrected chi connectivity index (χ4v) is 3.54. The van der Waals surface area contributed by atoms with Crippen LogP contribution in [-0.4, -0.2) is 27.4 Å². The number of carbonyl (C=O) groups is 1. The zero-order chi connectivity index (χ0) is 21.8. The smallest absolute Gasteiger partial charge is 0.297 e. The van der Waals surface area contributed by atoms with Crippen molar-refractivity contribution in [1.82, 2.24) is 20.3 Å². The highest BCUT2D eigenvalue weighted by atomic mass is 35.5. The molecule has 0 unspecified atom stereocenters. The predicted molar refractivity (Wildman–Crippen MR) is 119 cm³/mol. The number of fused-ring (bicyclic) bond motifs is 1. The zero-order valence-corrected chi connectivity index (χ0v) is 17.7. The average Bonchev–Trinajstić information content (AvgIpc) is 3.17. The number of carbonyl (C=O) groups excluding carboxylic acids is 1. The van der Waals surface area contributed by atoms with Crippen LogP contribution in [0.25, 0.3) is 22.2 Å². The summed E-state index contributed by atoms with van der Waals surface area (Å²) in [6.07, 6.45) is 1.67. The summed E-state index contributed by atoms with van der Waals surface area (Å²) in [7, 11) is 0. The molecule has 4 rings (SSSR count). The Labute approximate surface area is 183 Å². The van der Waals surface area contributed by atoms with Crippen LogP contribution >= 0.6 is 11.6 Å². The van der Waals surface area contributed by atoms with E-state index in [1.54, 1.807) is 31.2 Å². The van der Waals surface area contributed by atoms with Gasteiger partial charge in [0, 0.05) is 17.1 Å². The summed E-state index contributed by atoms with van der Waals surface area (Å²) in [5.41, 5.74) is 2.16. The lowest BCUT2D eigenvalue weighted by Crippen LogP contribution is -2.34. The third kappa shape index (κ3) is 4.67. The van der Waals surface area contributed by atoms with Crippen molar-refractivity contribution >= 4 is 28.4 Å². The zero-order valence-electron chi connectivity index (χ0n) is 17.0. The Bertz CT molecular complexity index is 1260. The molecule has 158 valence electrons. The summed E-state index contributed by atoms with van der Waals surface area (Å²) < 4.78 is 6.36. The third-order valence-corrected chi connectivity index (χ3v) is 5.23. The van der Waals surface area contributed by atoms with Crippen LogP contribution in [0.5, 0.6) is 0 Å². The molecule has 31 heavy (non-hydrogen) atoms. The van der Waals surface area contributed by atoms with E-state index in [-0.39, 0.29) is 18.0 Å². The van der Waals surface area contributed by atoms with Crippen LogP contribution in [0.1, 0.15) is 17.7 Å². The van der Waals surface area contributed by atoms with Crippen LogP contribution < -0.4 is 10.9 Å². The van der Waals surface area contributed by atoms with E-state index in [2.05, 4.69) is 27.7 Å². The van der Waals surface area contributed by atoms with Gasteiger partial charge in [0.1, 0.15) is 18.0 Å². The van der Waals surface area contributed by atoms with E-state index in [1.165, 1.54) is 5.56 Å². The standard InChI is InChI=1S/C23H21ClN4O3/c1-15-20-21(17-9-11-18(24)12-10-17)26-28(23(30)22(20)27-31-15)14-19(29)25-13-5-8-16-6-3-2-4-7-16/h2-4,6-7,9-12H,5,8,13-14H2,1H3,(H,25,29). The summed E-state index contributed by atoms with van der Waals surface area (Å²) in [4.78, 5) is 25.2. The van der Waals surface area contributed by atoms with Gasteiger partial charge in [0.2, 0.25) is 5.91 Å². The maximum Gasteiger partial charge on any atom is 0.297 e. The monoisotopic (exact) mass is 436 g/mol. The van der Waals surface area contributed by atoms with Gasteiger partial charge >= 0.3 is 0 Å². The molecular weight excluding hydrogens is 416 g/mol. The van der Waals surface area contributed by atoms with Crippen LogP contribution in [0.4, 0.5) is 0 Å². The van der Waals surface area contributed by atoms with Gasteiger partial charge in [0.15, 0.2) is 5.52 Å². The molecule has 7 nitrogen and oxygen atoms in total. The van der Waals surface area contributed by atoms with Gasteiger partial charge in [-0.2, -0.15) is 5.10 Å². The predicted octanol–water partition coefficient (Wildman–Crippen LogP) is 3.76. The SMILES string of the molecule is Cc1onc2c(=O)n(CC(=O)NCCCc3ccccc3)nc(-c3ccc(Cl)cc3)c12. The lowest BCUT2D eigenvalue weighted by molar-refractivity contribution is -0.121. The van der Waals surface area contributed by atoms with Crippen molar-refractivity contribution in [1.29, 1.82) is 0 Å². The van der Waals surface area contributed by atoms with Crippen molar-refractivity contribution in [3.05, 3.63) is 81.3 Å². The Morgan fingerprint density at radius 3 is 2.61 bits per heavy atom. The van der Waals surface area contributed by atoms with Crippen LogP contribution in [-0.2, 0) is 17.8 Å². The van der Waals surface area contributed by atoms with Gasteiger partial charge in [-0.15, -0.1) is 0 Å². The number of halogens is 1. The van der Waals surface area contributed by atoms with Crippen LogP contribution in [0.2, 0.25) is 5.02 Å². The quantitative estimate of drug-likeness (QED) is 0.445. The van der Waals surface area contributed by atoms with Crippen LogP contribution in [0.3, 0.4) is 0 Å². The molecule has 0 aliphatic carbocycles. The summed E-state index contributed by atoms with van der Waals surface area (Å²) in [6, 6.07) is 17.1. The second-order valence-electron chi connectivity index (χ2n) is 7.22. The first-order valence-corrected chi connectivity index (χ1v) is 10.3. The van der Waals surface area contributed by atoms with Crippen molar-refractivity contribution in [2.75, 3.05) is 6.54 Å². The van der Waals surface area contributed by atoms with Gasteiger partial charge < -0.3 is 9.84 Å². The summed E-state index contributed by atoms with van der Waals surface area (Å²) >= 11 is 5.99. The molecule has 0 bridgehead atoms. The van der Waals surface area contributed by atoms with Crippen molar-refractivity contribution in [3.8, 4) is 11.3 Å². The molecule has 0 fully saturated rings. The number of amides is 1. The minimum absolute atomic E-state index is 0.148. The molecule has 2 aromatic heterocycles. The Morgan fingerprint density at radius 1 is 1.13 bits per heavy atom. The van der Waals surface area contributed by atoms with Gasteiger partial charge in [-0.3, -0.25) is 9.59 Å². The van der Waals surface area contributed by atoms with E-state index in [0.717, 1.165) is 23.1 Å². The maximum absolute atomic E-state index is 12.8. The lowest BCUT2D eigenvalue weighted by atomic mass is 10.1. The first kappa shape index (κ1) is 20.8. The molecule has 8 heteroatoms. The molecule has 0 saturated heterocycles. The summed E-state index contributed by atoms with van der Waals surface area (Å²) in [5, 5.41) is 12.3. The first-order valence-electron chi connectivity index (χ1n) is 9.96. The normalized spacial score (nSPS) is 11.0. The topological polar surface area (TPSA) is 90.0 Å². The maximum atomic E-state index is 12.8. The van der Waals surface area contributed by atoms with Crippen molar-refractivity contribution in [2.24, 2.45) is 0 Å². The summed E-state index contributed by atoms with van der Waals surface area (Å²) in [5.74, 6) is 0.200. The second kappa shape index (κ2) is 9.14. The molecule has 0 atom stereocenters. The first-order chi connectivity index (χ1) is 15.0. The Morgan fingerprint density at radius 2 is 1.87 bits per heavy atom. The molecule has 4 aromatic rings. The molecule has 2 aromatic carbocycles. The van der Waals surface area contributed by atoms with Crippen molar-refractivity contribution in [3.63, 3.8) is 0 Å². The average molecular weight is 437 g/mol. The highest BCUT2D eigenvalue weighted by molar-refractivity contribution is 6.30. The minimum atomic E-state index is -0.469.